The highest BCUT2D eigenvalue weighted by molar-refractivity contribution is 5.22. The van der Waals surface area contributed by atoms with Gasteiger partial charge in [0.2, 0.25) is 0 Å². The van der Waals surface area contributed by atoms with E-state index >= 15 is 0 Å². The minimum atomic E-state index is 0.861. The van der Waals surface area contributed by atoms with Crippen LogP contribution in [0.1, 0.15) is 13.8 Å². The Morgan fingerprint density at radius 3 is 2.64 bits per heavy atom. The van der Waals surface area contributed by atoms with Crippen LogP contribution in [0.15, 0.2) is 36.1 Å². The van der Waals surface area contributed by atoms with Gasteiger partial charge in [-0.2, -0.15) is 0 Å². The first-order chi connectivity index (χ1) is 5.33. The summed E-state index contributed by atoms with van der Waals surface area (Å²) in [6, 6.07) is 10.4. The van der Waals surface area contributed by atoms with Gasteiger partial charge in [-0.15, -0.1) is 0 Å². The van der Waals surface area contributed by atoms with Crippen LogP contribution in [0.5, 0.6) is 5.75 Å². The molecular formula is C10H11O. The third-order valence-electron chi connectivity index (χ3n) is 1.37. The lowest BCUT2D eigenvalue weighted by molar-refractivity contribution is 0.427. The van der Waals surface area contributed by atoms with Gasteiger partial charge in [0.05, 0.1) is 5.76 Å². The fourth-order valence-corrected chi connectivity index (χ4v) is 0.684. The number of hydrogen-bond acceptors (Lipinski definition) is 1. The molecule has 1 nitrogen and oxygen atoms in total. The first-order valence-electron chi connectivity index (χ1n) is 3.60. The first kappa shape index (κ1) is 7.86. The summed E-state index contributed by atoms with van der Waals surface area (Å²) in [6.45, 7) is 3.88. The highest BCUT2D eigenvalue weighted by atomic mass is 16.5. The second-order valence-corrected chi connectivity index (χ2v) is 2.24. The van der Waals surface area contributed by atoms with Crippen molar-refractivity contribution < 1.29 is 4.74 Å². The molecule has 1 aromatic rings. The second kappa shape index (κ2) is 3.81. The second-order valence-electron chi connectivity index (χ2n) is 2.24. The lowest BCUT2D eigenvalue weighted by atomic mass is 10.3. The average Bonchev–Trinajstić information content (AvgIpc) is 2.06. The Hall–Kier alpha value is -1.24. The monoisotopic (exact) mass is 147 g/mol. The predicted molar refractivity (Wildman–Crippen MR) is 45.3 cm³/mol. The summed E-state index contributed by atoms with van der Waals surface area (Å²) in [7, 11) is 0. The summed E-state index contributed by atoms with van der Waals surface area (Å²) in [5, 5.41) is 0. The Bertz CT molecular complexity index is 236. The van der Waals surface area contributed by atoms with E-state index in [9.17, 15) is 0 Å². The van der Waals surface area contributed by atoms with Gasteiger partial charge in [-0.1, -0.05) is 12.1 Å². The zero-order valence-electron chi connectivity index (χ0n) is 6.79. The zero-order valence-corrected chi connectivity index (χ0v) is 6.79. The maximum Gasteiger partial charge on any atom is 0.126 e. The van der Waals surface area contributed by atoms with Crippen LogP contribution < -0.4 is 4.74 Å². The van der Waals surface area contributed by atoms with Crippen molar-refractivity contribution in [3.63, 3.8) is 0 Å². The Morgan fingerprint density at radius 2 is 2.09 bits per heavy atom. The number of hydrogen-bond donors (Lipinski definition) is 0. The molecule has 0 aromatic heterocycles. The van der Waals surface area contributed by atoms with Crippen LogP contribution in [0.2, 0.25) is 0 Å². The van der Waals surface area contributed by atoms with E-state index in [1.54, 1.807) is 0 Å². The van der Waals surface area contributed by atoms with Gasteiger partial charge in [0.25, 0.3) is 0 Å². The van der Waals surface area contributed by atoms with E-state index < -0.39 is 0 Å². The van der Waals surface area contributed by atoms with Gasteiger partial charge in [-0.05, 0) is 38.1 Å². The molecule has 0 bridgehead atoms. The van der Waals surface area contributed by atoms with Gasteiger partial charge in [0.15, 0.2) is 0 Å². The average molecular weight is 147 g/mol. The molecule has 1 rings (SSSR count). The van der Waals surface area contributed by atoms with Gasteiger partial charge < -0.3 is 4.74 Å². The summed E-state index contributed by atoms with van der Waals surface area (Å²) in [5.41, 5.74) is 0. The molecule has 11 heavy (non-hydrogen) atoms. The summed E-state index contributed by atoms with van der Waals surface area (Å²) >= 11 is 0. The minimum Gasteiger partial charge on any atom is -0.462 e. The van der Waals surface area contributed by atoms with Crippen LogP contribution in [-0.4, -0.2) is 0 Å². The SMILES string of the molecule is C/C=C(/C)Oc1cc[c]cc1. The molecule has 0 heterocycles. The van der Waals surface area contributed by atoms with Crippen molar-refractivity contribution in [3.05, 3.63) is 42.2 Å². The first-order valence-corrected chi connectivity index (χ1v) is 3.60. The van der Waals surface area contributed by atoms with Crippen LogP contribution in [0.4, 0.5) is 0 Å². The molecule has 0 saturated heterocycles. The molecule has 0 saturated carbocycles. The molecule has 0 aliphatic rings. The van der Waals surface area contributed by atoms with Crippen LogP contribution in [0, 0.1) is 6.07 Å². The van der Waals surface area contributed by atoms with Crippen molar-refractivity contribution in [1.82, 2.24) is 0 Å². The third kappa shape index (κ3) is 2.46. The maximum absolute atomic E-state index is 5.40. The topological polar surface area (TPSA) is 9.23 Å². The predicted octanol–water partition coefficient (Wildman–Crippen LogP) is 2.79. The summed E-state index contributed by atoms with van der Waals surface area (Å²) in [4.78, 5) is 0. The maximum atomic E-state index is 5.40. The molecular weight excluding hydrogens is 136 g/mol. The Morgan fingerprint density at radius 1 is 1.45 bits per heavy atom. The number of rotatable bonds is 2. The summed E-state index contributed by atoms with van der Waals surface area (Å²) in [5.74, 6) is 1.77. The van der Waals surface area contributed by atoms with Crippen molar-refractivity contribution in [2.75, 3.05) is 0 Å². The number of allylic oxidation sites excluding steroid dienone is 2. The molecule has 1 heteroatoms. The fourth-order valence-electron chi connectivity index (χ4n) is 0.684. The standard InChI is InChI=1S/C10H11O/c1-3-9(2)11-10-7-5-4-6-8-10/h3,5-8H,1-2H3/b9-3-. The van der Waals surface area contributed by atoms with E-state index in [0.717, 1.165) is 11.5 Å². The van der Waals surface area contributed by atoms with E-state index in [2.05, 4.69) is 6.07 Å². The lowest BCUT2D eigenvalue weighted by Gasteiger charge is -2.03. The van der Waals surface area contributed by atoms with Gasteiger partial charge in [-0.3, -0.25) is 0 Å². The highest BCUT2D eigenvalue weighted by Crippen LogP contribution is 2.11. The Kier molecular flexibility index (Phi) is 2.73. The van der Waals surface area contributed by atoms with Crippen molar-refractivity contribution >= 4 is 0 Å². The normalized spacial score (nSPS) is 11.3. The van der Waals surface area contributed by atoms with Gasteiger partial charge in [0, 0.05) is 0 Å². The fraction of sp³-hybridized carbons (Fsp3) is 0.200. The smallest absolute Gasteiger partial charge is 0.126 e. The van der Waals surface area contributed by atoms with E-state index in [0.29, 0.717) is 0 Å². The molecule has 0 aliphatic heterocycles. The van der Waals surface area contributed by atoms with Crippen molar-refractivity contribution in [1.29, 1.82) is 0 Å². The van der Waals surface area contributed by atoms with E-state index in [1.165, 1.54) is 0 Å². The minimum absolute atomic E-state index is 0.861. The van der Waals surface area contributed by atoms with Gasteiger partial charge >= 0.3 is 0 Å². The van der Waals surface area contributed by atoms with E-state index in [4.69, 9.17) is 4.74 Å². The molecule has 0 amide bonds. The molecule has 57 valence electrons. The van der Waals surface area contributed by atoms with Gasteiger partial charge in [-0.25, -0.2) is 0 Å². The molecule has 0 unspecified atom stereocenters. The van der Waals surface area contributed by atoms with Crippen LogP contribution in [0.3, 0.4) is 0 Å². The van der Waals surface area contributed by atoms with E-state index in [-0.39, 0.29) is 0 Å². The van der Waals surface area contributed by atoms with Crippen molar-refractivity contribution in [3.8, 4) is 5.75 Å². The van der Waals surface area contributed by atoms with Crippen LogP contribution in [-0.2, 0) is 0 Å². The lowest BCUT2D eigenvalue weighted by Crippen LogP contribution is -1.88. The summed E-state index contributed by atoms with van der Waals surface area (Å²) in [6.07, 6.45) is 1.93. The molecule has 0 atom stereocenters. The van der Waals surface area contributed by atoms with Crippen LogP contribution >= 0.6 is 0 Å². The molecule has 0 aliphatic carbocycles. The van der Waals surface area contributed by atoms with Crippen LogP contribution in [0.25, 0.3) is 0 Å². The molecule has 0 N–H and O–H groups in total. The molecule has 1 aromatic carbocycles. The molecule has 0 spiro atoms. The third-order valence-corrected chi connectivity index (χ3v) is 1.37. The number of ether oxygens (including phenoxy) is 1. The highest BCUT2D eigenvalue weighted by Gasteiger charge is 1.90. The largest absolute Gasteiger partial charge is 0.462 e. The Labute approximate surface area is 67.3 Å². The van der Waals surface area contributed by atoms with Gasteiger partial charge in [0.1, 0.15) is 5.75 Å². The number of benzene rings is 1. The Balaban J connectivity index is 2.65. The van der Waals surface area contributed by atoms with Crippen molar-refractivity contribution in [2.45, 2.75) is 13.8 Å². The molecule has 1 radical (unpaired) electrons. The van der Waals surface area contributed by atoms with Crippen molar-refractivity contribution in [2.24, 2.45) is 0 Å². The van der Waals surface area contributed by atoms with E-state index in [1.807, 2.05) is 44.2 Å². The summed E-state index contributed by atoms with van der Waals surface area (Å²) < 4.78 is 5.40. The zero-order chi connectivity index (χ0) is 8.10. The quantitative estimate of drug-likeness (QED) is 0.584. The molecule has 0 fully saturated rings.